The third-order valence-corrected chi connectivity index (χ3v) is 11.9. The van der Waals surface area contributed by atoms with Crippen LogP contribution in [0.2, 0.25) is 0 Å². The highest BCUT2D eigenvalue weighted by atomic mass is 16.3. The zero-order valence-corrected chi connectivity index (χ0v) is 32.0. The molecule has 2 aromatic heterocycles. The molecule has 0 aliphatic rings. The number of benzene rings is 10. The lowest BCUT2D eigenvalue weighted by Gasteiger charge is -2.27. The van der Waals surface area contributed by atoms with Crippen LogP contribution in [-0.4, -0.2) is 0 Å². The molecule has 2 heterocycles. The van der Waals surface area contributed by atoms with E-state index in [2.05, 4.69) is 199 Å². The first-order valence-electron chi connectivity index (χ1n) is 20.1. The van der Waals surface area contributed by atoms with Gasteiger partial charge in [0, 0.05) is 33.1 Å². The van der Waals surface area contributed by atoms with E-state index in [0.29, 0.717) is 0 Å². The van der Waals surface area contributed by atoms with Gasteiger partial charge in [-0.2, -0.15) is 0 Å². The van der Waals surface area contributed by atoms with E-state index in [4.69, 9.17) is 8.83 Å². The summed E-state index contributed by atoms with van der Waals surface area (Å²) in [6.45, 7) is 0. The van der Waals surface area contributed by atoms with Gasteiger partial charge in [-0.15, -0.1) is 0 Å². The van der Waals surface area contributed by atoms with Crippen molar-refractivity contribution in [3.05, 3.63) is 212 Å². The molecule has 0 radical (unpaired) electrons. The number of hydrogen-bond acceptors (Lipinski definition) is 3. The largest absolute Gasteiger partial charge is 0.456 e. The van der Waals surface area contributed by atoms with E-state index in [-0.39, 0.29) is 0 Å². The SMILES string of the molecule is c1ccc(-c2ccc(-c3ccc(N(c4ccc(-c5ccc6c(c5)oc5ccccc56)cc4)c4ccc5ccc6ccccc6c5c4)c4c3oc3ccccc34)cc2)cc1. The van der Waals surface area contributed by atoms with Crippen LogP contribution in [0.5, 0.6) is 0 Å². The maximum atomic E-state index is 6.84. The van der Waals surface area contributed by atoms with Gasteiger partial charge in [-0.1, -0.05) is 152 Å². The molecule has 12 aromatic rings. The minimum Gasteiger partial charge on any atom is -0.456 e. The lowest BCUT2D eigenvalue weighted by Crippen LogP contribution is -2.10. The fraction of sp³-hybridized carbons (Fsp3) is 0. The number of rotatable bonds is 6. The molecular weight excluding hydrogens is 719 g/mol. The monoisotopic (exact) mass is 753 g/mol. The Morgan fingerprint density at radius 2 is 0.864 bits per heavy atom. The Balaban J connectivity index is 1.05. The molecule has 0 amide bonds. The topological polar surface area (TPSA) is 29.5 Å². The van der Waals surface area contributed by atoms with Crippen molar-refractivity contribution in [1.29, 1.82) is 0 Å². The van der Waals surface area contributed by atoms with Gasteiger partial charge in [0.25, 0.3) is 0 Å². The van der Waals surface area contributed by atoms with E-state index in [9.17, 15) is 0 Å². The number of hydrogen-bond donors (Lipinski definition) is 0. The van der Waals surface area contributed by atoms with E-state index in [1.54, 1.807) is 0 Å². The third kappa shape index (κ3) is 5.51. The summed E-state index contributed by atoms with van der Waals surface area (Å²) in [5, 5.41) is 9.28. The molecule has 0 saturated carbocycles. The Bertz CT molecular complexity index is 3540. The van der Waals surface area contributed by atoms with Crippen molar-refractivity contribution in [1.82, 2.24) is 0 Å². The molecule has 276 valence electrons. The maximum absolute atomic E-state index is 6.84. The first-order valence-corrected chi connectivity index (χ1v) is 20.1. The number of furan rings is 2. The fourth-order valence-corrected chi connectivity index (χ4v) is 8.96. The van der Waals surface area contributed by atoms with Crippen molar-refractivity contribution in [2.24, 2.45) is 0 Å². The van der Waals surface area contributed by atoms with Crippen molar-refractivity contribution >= 4 is 82.5 Å². The van der Waals surface area contributed by atoms with Gasteiger partial charge in [-0.25, -0.2) is 0 Å². The quantitative estimate of drug-likeness (QED) is 0.158. The molecule has 10 aromatic carbocycles. The van der Waals surface area contributed by atoms with Crippen LogP contribution in [0.1, 0.15) is 0 Å². The average Bonchev–Trinajstić information content (AvgIpc) is 3.89. The van der Waals surface area contributed by atoms with Crippen LogP contribution in [0.25, 0.3) is 98.8 Å². The van der Waals surface area contributed by atoms with Gasteiger partial charge >= 0.3 is 0 Å². The van der Waals surface area contributed by atoms with Crippen molar-refractivity contribution < 1.29 is 8.83 Å². The second kappa shape index (κ2) is 13.4. The molecule has 0 fully saturated rings. The Morgan fingerprint density at radius 1 is 0.305 bits per heavy atom. The summed E-state index contributed by atoms with van der Waals surface area (Å²) in [5.74, 6) is 0. The van der Waals surface area contributed by atoms with E-state index in [1.807, 2.05) is 18.2 Å². The standard InChI is InChI=1S/C56H35NO2/c1-2-10-36(11-3-1)37-18-20-40(21-19-37)46-32-33-51(55-49-15-7-9-17-53(49)59-56(46)55)57(44-30-26-41-23-22-39-12-4-5-13-45(39)50(41)35-44)43-28-24-38(25-29-43)42-27-31-48-47-14-6-8-16-52(47)58-54(48)34-42/h1-35H. The van der Waals surface area contributed by atoms with E-state index >= 15 is 0 Å². The van der Waals surface area contributed by atoms with Crippen LogP contribution in [0.4, 0.5) is 17.1 Å². The van der Waals surface area contributed by atoms with Crippen LogP contribution in [0, 0.1) is 0 Å². The molecule has 3 nitrogen and oxygen atoms in total. The number of nitrogens with zero attached hydrogens (tertiary/aromatic N) is 1. The fourth-order valence-electron chi connectivity index (χ4n) is 8.96. The van der Waals surface area contributed by atoms with Gasteiger partial charge in [0.2, 0.25) is 0 Å². The molecule has 0 N–H and O–H groups in total. The first kappa shape index (κ1) is 33.3. The van der Waals surface area contributed by atoms with Crippen molar-refractivity contribution in [3.63, 3.8) is 0 Å². The summed E-state index contributed by atoms with van der Waals surface area (Å²) >= 11 is 0. The molecule has 12 rings (SSSR count). The van der Waals surface area contributed by atoms with Gasteiger partial charge in [0.05, 0.1) is 11.1 Å². The van der Waals surface area contributed by atoms with Gasteiger partial charge in [-0.3, -0.25) is 0 Å². The van der Waals surface area contributed by atoms with Crippen LogP contribution >= 0.6 is 0 Å². The van der Waals surface area contributed by atoms with Crippen molar-refractivity contribution in [2.75, 3.05) is 4.90 Å². The van der Waals surface area contributed by atoms with Crippen LogP contribution in [-0.2, 0) is 0 Å². The zero-order chi connectivity index (χ0) is 38.9. The van der Waals surface area contributed by atoms with E-state index in [0.717, 1.165) is 83.2 Å². The summed E-state index contributed by atoms with van der Waals surface area (Å²) in [6.07, 6.45) is 0. The molecule has 0 atom stereocenters. The summed E-state index contributed by atoms with van der Waals surface area (Å²) in [7, 11) is 0. The second-order valence-corrected chi connectivity index (χ2v) is 15.3. The highest BCUT2D eigenvalue weighted by Crippen LogP contribution is 2.47. The molecular formula is C56H35NO2. The normalized spacial score (nSPS) is 11.7. The summed E-state index contributed by atoms with van der Waals surface area (Å²) in [4.78, 5) is 2.39. The molecule has 0 aliphatic carbocycles. The van der Waals surface area contributed by atoms with Gasteiger partial charge in [0.1, 0.15) is 22.3 Å². The molecule has 0 saturated heterocycles. The average molecular weight is 754 g/mol. The Labute approximate surface area is 340 Å². The highest BCUT2D eigenvalue weighted by molar-refractivity contribution is 6.18. The molecule has 3 heteroatoms. The number of fused-ring (bicyclic) bond motifs is 9. The van der Waals surface area contributed by atoms with E-state index in [1.165, 1.54) is 32.7 Å². The zero-order valence-electron chi connectivity index (χ0n) is 32.0. The molecule has 0 spiro atoms. The smallest absolute Gasteiger partial charge is 0.145 e. The third-order valence-electron chi connectivity index (χ3n) is 11.9. The minimum absolute atomic E-state index is 0.859. The number of para-hydroxylation sites is 2. The molecule has 0 bridgehead atoms. The molecule has 0 aliphatic heterocycles. The Hall–Kier alpha value is -7.88. The summed E-state index contributed by atoms with van der Waals surface area (Å²) < 4.78 is 13.1. The summed E-state index contributed by atoms with van der Waals surface area (Å²) in [5.41, 5.74) is 13.4. The van der Waals surface area contributed by atoms with Crippen molar-refractivity contribution in [3.8, 4) is 33.4 Å². The van der Waals surface area contributed by atoms with Crippen LogP contribution in [0.3, 0.4) is 0 Å². The van der Waals surface area contributed by atoms with Gasteiger partial charge in [0.15, 0.2) is 0 Å². The van der Waals surface area contributed by atoms with Crippen LogP contribution in [0.15, 0.2) is 221 Å². The lowest BCUT2D eigenvalue weighted by atomic mass is 9.97. The highest BCUT2D eigenvalue weighted by Gasteiger charge is 2.23. The molecule has 59 heavy (non-hydrogen) atoms. The predicted octanol–water partition coefficient (Wildman–Crippen LogP) is 16.3. The maximum Gasteiger partial charge on any atom is 0.145 e. The Kier molecular flexibility index (Phi) is 7.54. The molecule has 0 unspecified atom stereocenters. The summed E-state index contributed by atoms with van der Waals surface area (Å²) in [6, 6.07) is 75.8. The van der Waals surface area contributed by atoms with Gasteiger partial charge < -0.3 is 13.7 Å². The predicted molar refractivity (Wildman–Crippen MR) is 247 cm³/mol. The van der Waals surface area contributed by atoms with E-state index < -0.39 is 0 Å². The second-order valence-electron chi connectivity index (χ2n) is 15.3. The van der Waals surface area contributed by atoms with Crippen LogP contribution < -0.4 is 4.90 Å². The van der Waals surface area contributed by atoms with Gasteiger partial charge in [-0.05, 0) is 110 Å². The first-order chi connectivity index (χ1) is 29.2. The lowest BCUT2D eigenvalue weighted by molar-refractivity contribution is 0.669. The number of anilines is 3. The van der Waals surface area contributed by atoms with Crippen molar-refractivity contribution in [2.45, 2.75) is 0 Å². The Morgan fingerprint density at radius 3 is 1.68 bits per heavy atom. The minimum atomic E-state index is 0.859.